The molecular weight excluding hydrogens is 359 g/mol. The van der Waals surface area contributed by atoms with E-state index in [-0.39, 0.29) is 56.3 Å². The van der Waals surface area contributed by atoms with Gasteiger partial charge in [-0.3, -0.25) is 0 Å². The van der Waals surface area contributed by atoms with Gasteiger partial charge in [0.25, 0.3) is 0 Å². The summed E-state index contributed by atoms with van der Waals surface area (Å²) in [5.41, 5.74) is 1.79. The number of fused-ring (bicyclic) bond motifs is 1. The molecule has 0 bridgehead atoms. The molecule has 2 rings (SSSR count). The quantitative estimate of drug-likeness (QED) is 0.377. The molecule has 0 saturated heterocycles. The fourth-order valence-corrected chi connectivity index (χ4v) is 3.94. The van der Waals surface area contributed by atoms with Crippen molar-refractivity contribution in [2.24, 2.45) is 0 Å². The average molecular weight is 387 g/mol. The van der Waals surface area contributed by atoms with Gasteiger partial charge in [0.2, 0.25) is 0 Å². The number of unbranched alkanes of at least 4 members (excludes halogenated alkanes) is 4. The molecule has 0 amide bonds. The molecule has 0 atom stereocenters. The van der Waals surface area contributed by atoms with E-state index in [2.05, 4.69) is 13.8 Å². The summed E-state index contributed by atoms with van der Waals surface area (Å²) >= 11 is 0. The largest absolute Gasteiger partial charge is 1.00 e. The van der Waals surface area contributed by atoms with E-state index >= 15 is 0 Å². The molecule has 132 valence electrons. The van der Waals surface area contributed by atoms with Gasteiger partial charge in [0.15, 0.2) is 0 Å². The molecule has 0 N–H and O–H groups in total. The molecule has 0 unspecified atom stereocenters. The summed E-state index contributed by atoms with van der Waals surface area (Å²) in [6, 6.07) is 9.57. The van der Waals surface area contributed by atoms with Crippen LogP contribution in [0.15, 0.2) is 35.2 Å². The SMILES string of the molecule is CCCCCc1cc2cccc(CCCCC)c2cc1S(=O)(=O)[O-].[K+]. The van der Waals surface area contributed by atoms with Crippen LogP contribution >= 0.6 is 0 Å². The second-order valence-corrected chi connectivity index (χ2v) is 7.81. The standard InChI is InChI=1S/C20H28O3S.K/c1-3-5-7-10-16-12-9-13-17-14-18(11-8-6-4-2)20(15-19(16)17)24(21,22)23;/h9,12-15H,3-8,10-11H2,1-2H3,(H,21,22,23);/q;+1/p-1. The first-order valence-corrected chi connectivity index (χ1v) is 10.4. The Morgan fingerprint density at radius 3 is 2.04 bits per heavy atom. The van der Waals surface area contributed by atoms with Crippen molar-refractivity contribution in [2.75, 3.05) is 0 Å². The number of aryl methyl sites for hydroxylation is 2. The molecular formula is C20H27KO3S. The van der Waals surface area contributed by atoms with Crippen molar-refractivity contribution in [3.8, 4) is 0 Å². The second kappa shape index (κ2) is 11.2. The molecule has 3 nitrogen and oxygen atoms in total. The van der Waals surface area contributed by atoms with Crippen LogP contribution in [0.25, 0.3) is 10.8 Å². The van der Waals surface area contributed by atoms with Crippen molar-refractivity contribution >= 4 is 20.9 Å². The number of hydrogen-bond donors (Lipinski definition) is 0. The fourth-order valence-electron chi connectivity index (χ4n) is 3.19. The van der Waals surface area contributed by atoms with Crippen molar-refractivity contribution in [3.63, 3.8) is 0 Å². The van der Waals surface area contributed by atoms with E-state index < -0.39 is 10.1 Å². The summed E-state index contributed by atoms with van der Waals surface area (Å²) in [6.07, 6.45) is 7.93. The predicted octanol–water partition coefficient (Wildman–Crippen LogP) is 2.21. The summed E-state index contributed by atoms with van der Waals surface area (Å²) in [5.74, 6) is 0. The first-order chi connectivity index (χ1) is 11.5. The van der Waals surface area contributed by atoms with Gasteiger partial charge in [0.05, 0.1) is 4.90 Å². The monoisotopic (exact) mass is 386 g/mol. The van der Waals surface area contributed by atoms with Gasteiger partial charge in [0, 0.05) is 0 Å². The van der Waals surface area contributed by atoms with Crippen LogP contribution in [0, 0.1) is 0 Å². The van der Waals surface area contributed by atoms with E-state index in [4.69, 9.17) is 0 Å². The Bertz CT molecular complexity index is 785. The zero-order chi connectivity index (χ0) is 17.6. The van der Waals surface area contributed by atoms with Crippen molar-refractivity contribution in [2.45, 2.75) is 70.1 Å². The van der Waals surface area contributed by atoms with Gasteiger partial charge in [-0.15, -0.1) is 0 Å². The Morgan fingerprint density at radius 1 is 0.880 bits per heavy atom. The minimum Gasteiger partial charge on any atom is -0.744 e. The van der Waals surface area contributed by atoms with Gasteiger partial charge in [-0.1, -0.05) is 57.7 Å². The Labute approximate surface area is 194 Å². The van der Waals surface area contributed by atoms with Gasteiger partial charge >= 0.3 is 51.4 Å². The molecule has 2 aromatic rings. The summed E-state index contributed by atoms with van der Waals surface area (Å²) in [6.45, 7) is 4.27. The zero-order valence-electron chi connectivity index (χ0n) is 15.7. The molecule has 0 fully saturated rings. The normalized spacial score (nSPS) is 11.5. The smallest absolute Gasteiger partial charge is 0.744 e. The molecule has 0 radical (unpaired) electrons. The summed E-state index contributed by atoms with van der Waals surface area (Å²) in [5, 5.41) is 1.94. The molecule has 0 aliphatic carbocycles. The van der Waals surface area contributed by atoms with Crippen LogP contribution in [0.5, 0.6) is 0 Å². The summed E-state index contributed by atoms with van der Waals surface area (Å²) < 4.78 is 35.2. The van der Waals surface area contributed by atoms with Crippen LogP contribution in [0.3, 0.4) is 0 Å². The van der Waals surface area contributed by atoms with Crippen LogP contribution in [-0.4, -0.2) is 13.0 Å². The van der Waals surface area contributed by atoms with E-state index in [0.29, 0.717) is 12.0 Å². The number of hydrogen-bond acceptors (Lipinski definition) is 3. The van der Waals surface area contributed by atoms with Gasteiger partial charge in [-0.25, -0.2) is 8.42 Å². The average Bonchev–Trinajstić information content (AvgIpc) is 2.54. The van der Waals surface area contributed by atoms with Crippen LogP contribution in [0.1, 0.15) is 63.5 Å². The van der Waals surface area contributed by atoms with Crippen LogP contribution in [0.2, 0.25) is 0 Å². The first-order valence-electron chi connectivity index (χ1n) is 8.97. The Kier molecular flexibility index (Phi) is 10.4. The molecule has 5 heteroatoms. The number of benzene rings is 2. The fraction of sp³-hybridized carbons (Fsp3) is 0.500. The molecule has 0 saturated carbocycles. The van der Waals surface area contributed by atoms with Crippen LogP contribution in [-0.2, 0) is 23.0 Å². The minimum absolute atomic E-state index is 0. The predicted molar refractivity (Wildman–Crippen MR) is 98.4 cm³/mol. The van der Waals surface area contributed by atoms with Gasteiger partial charge < -0.3 is 4.55 Å². The third-order valence-corrected chi connectivity index (χ3v) is 5.44. The summed E-state index contributed by atoms with van der Waals surface area (Å²) in [4.78, 5) is -0.0333. The third kappa shape index (κ3) is 6.72. The zero-order valence-corrected chi connectivity index (χ0v) is 19.6. The van der Waals surface area contributed by atoms with E-state index in [1.807, 2.05) is 24.3 Å². The molecule has 2 aromatic carbocycles. The van der Waals surface area contributed by atoms with Crippen molar-refractivity contribution in [1.29, 1.82) is 0 Å². The van der Waals surface area contributed by atoms with Gasteiger partial charge in [-0.05, 0) is 59.7 Å². The Balaban J connectivity index is 0.00000312. The summed E-state index contributed by atoms with van der Waals surface area (Å²) in [7, 11) is -4.45. The molecule has 0 aliphatic rings. The molecule has 0 aliphatic heterocycles. The van der Waals surface area contributed by atoms with Crippen molar-refractivity contribution in [1.82, 2.24) is 0 Å². The molecule has 0 heterocycles. The van der Waals surface area contributed by atoms with E-state index in [0.717, 1.165) is 61.3 Å². The molecule has 0 spiro atoms. The number of rotatable bonds is 9. The molecule has 25 heavy (non-hydrogen) atoms. The molecule has 0 aromatic heterocycles. The third-order valence-electron chi connectivity index (χ3n) is 4.52. The van der Waals surface area contributed by atoms with E-state index in [9.17, 15) is 13.0 Å². The van der Waals surface area contributed by atoms with Crippen LogP contribution < -0.4 is 51.4 Å². The van der Waals surface area contributed by atoms with E-state index in [1.165, 1.54) is 0 Å². The van der Waals surface area contributed by atoms with Crippen molar-refractivity contribution in [3.05, 3.63) is 41.5 Å². The maximum Gasteiger partial charge on any atom is 1.00 e. The topological polar surface area (TPSA) is 57.2 Å². The second-order valence-electron chi connectivity index (χ2n) is 6.47. The maximum absolute atomic E-state index is 11.7. The first kappa shape index (κ1) is 23.3. The minimum atomic E-state index is -4.45. The van der Waals surface area contributed by atoms with E-state index in [1.54, 1.807) is 6.07 Å². The van der Waals surface area contributed by atoms with Crippen LogP contribution in [0.4, 0.5) is 0 Å². The van der Waals surface area contributed by atoms with Gasteiger partial charge in [-0.2, -0.15) is 0 Å². The maximum atomic E-state index is 11.7. The van der Waals surface area contributed by atoms with Gasteiger partial charge in [0.1, 0.15) is 10.1 Å². The van der Waals surface area contributed by atoms with Crippen molar-refractivity contribution < 1.29 is 64.4 Å². The Hall–Kier alpha value is 0.246. The Morgan fingerprint density at radius 2 is 1.48 bits per heavy atom.